The van der Waals surface area contributed by atoms with Crippen molar-refractivity contribution in [1.29, 1.82) is 0 Å². The topological polar surface area (TPSA) is 70.8 Å². The van der Waals surface area contributed by atoms with Gasteiger partial charge in [-0.3, -0.25) is 10.1 Å². The molecule has 6 nitrogen and oxygen atoms in total. The maximum atomic E-state index is 11.4. The Morgan fingerprint density at radius 1 is 1.03 bits per heavy atom. The third-order valence-electron chi connectivity index (χ3n) is 4.65. The van der Waals surface area contributed by atoms with Crippen molar-refractivity contribution in [2.24, 2.45) is 0 Å². The maximum Gasteiger partial charge on any atom is 0.311 e. The number of benzene rings is 3. The van der Waals surface area contributed by atoms with Crippen LogP contribution >= 0.6 is 0 Å². The molecule has 29 heavy (non-hydrogen) atoms. The van der Waals surface area contributed by atoms with Crippen LogP contribution in [0.1, 0.15) is 25.0 Å². The highest BCUT2D eigenvalue weighted by atomic mass is 16.6. The molecule has 0 atom stereocenters. The van der Waals surface area contributed by atoms with Gasteiger partial charge in [0.15, 0.2) is 11.5 Å². The molecule has 1 aliphatic rings. The molecule has 4 rings (SSSR count). The first-order chi connectivity index (χ1) is 13.9. The molecule has 0 saturated heterocycles. The van der Waals surface area contributed by atoms with Crippen LogP contribution in [-0.2, 0) is 13.0 Å². The molecule has 0 aromatic heterocycles. The fourth-order valence-corrected chi connectivity index (χ4v) is 3.35. The quantitative estimate of drug-likeness (QED) is 0.399. The van der Waals surface area contributed by atoms with Gasteiger partial charge in [0.05, 0.1) is 4.92 Å². The molecule has 1 heterocycles. The van der Waals surface area contributed by atoms with Gasteiger partial charge in [-0.05, 0) is 31.5 Å². The van der Waals surface area contributed by atoms with E-state index >= 15 is 0 Å². The Bertz CT molecular complexity index is 1050. The molecule has 3 aromatic rings. The highest BCUT2D eigenvalue weighted by molar-refractivity contribution is 5.55. The molecular formula is C23H21NO5. The van der Waals surface area contributed by atoms with E-state index in [0.29, 0.717) is 17.2 Å². The minimum atomic E-state index is -0.462. The number of ether oxygens (including phenoxy) is 3. The van der Waals surface area contributed by atoms with Gasteiger partial charge in [-0.15, -0.1) is 0 Å². The standard InChI is InChI=1S/C23H21NO5/c1-23(2)14-17-9-6-10-20(22(17)29-23)28-18-11-12-19(24(25)26)21(13-18)27-15-16-7-4-3-5-8-16/h3-13H,14-15H2,1-2H3. The van der Waals surface area contributed by atoms with Crippen molar-refractivity contribution >= 4 is 5.69 Å². The lowest BCUT2D eigenvalue weighted by molar-refractivity contribution is -0.386. The largest absolute Gasteiger partial charge is 0.483 e. The van der Waals surface area contributed by atoms with Crippen LogP contribution in [0.15, 0.2) is 66.7 Å². The van der Waals surface area contributed by atoms with Crippen molar-refractivity contribution in [3.63, 3.8) is 0 Å². The maximum absolute atomic E-state index is 11.4. The van der Waals surface area contributed by atoms with Crippen LogP contribution in [0.2, 0.25) is 0 Å². The summed E-state index contributed by atoms with van der Waals surface area (Å²) in [6.45, 7) is 4.28. The second kappa shape index (κ2) is 7.47. The van der Waals surface area contributed by atoms with Crippen LogP contribution in [0.3, 0.4) is 0 Å². The molecule has 1 aliphatic heterocycles. The summed E-state index contributed by atoms with van der Waals surface area (Å²) in [6, 6.07) is 19.7. The summed E-state index contributed by atoms with van der Waals surface area (Å²) < 4.78 is 17.8. The Balaban J connectivity index is 1.59. The molecule has 3 aromatic carbocycles. The molecule has 0 spiro atoms. The first kappa shape index (κ1) is 18.8. The highest BCUT2D eigenvalue weighted by Crippen LogP contribution is 2.44. The van der Waals surface area contributed by atoms with Gasteiger partial charge in [-0.1, -0.05) is 42.5 Å². The molecule has 0 saturated carbocycles. The van der Waals surface area contributed by atoms with E-state index in [-0.39, 0.29) is 23.6 Å². The van der Waals surface area contributed by atoms with Crippen molar-refractivity contribution < 1.29 is 19.1 Å². The SMILES string of the molecule is CC1(C)Cc2cccc(Oc3ccc([N+](=O)[O-])c(OCc4ccccc4)c3)c2O1. The zero-order chi connectivity index (χ0) is 20.4. The van der Waals surface area contributed by atoms with E-state index in [1.807, 2.05) is 62.4 Å². The number of fused-ring (bicyclic) bond motifs is 1. The summed E-state index contributed by atoms with van der Waals surface area (Å²) in [5.74, 6) is 1.89. The summed E-state index contributed by atoms with van der Waals surface area (Å²) in [5.41, 5.74) is 1.60. The predicted molar refractivity (Wildman–Crippen MR) is 109 cm³/mol. The van der Waals surface area contributed by atoms with Gasteiger partial charge >= 0.3 is 5.69 Å². The molecule has 0 fully saturated rings. The van der Waals surface area contributed by atoms with Crippen LogP contribution in [0.25, 0.3) is 0 Å². The summed E-state index contributed by atoms with van der Waals surface area (Å²) in [7, 11) is 0. The highest BCUT2D eigenvalue weighted by Gasteiger charge is 2.32. The number of hydrogen-bond acceptors (Lipinski definition) is 5. The smallest absolute Gasteiger partial charge is 0.311 e. The van der Waals surface area contributed by atoms with Crippen molar-refractivity contribution in [3.05, 3.63) is 88.0 Å². The average Bonchev–Trinajstić information content (AvgIpc) is 3.02. The molecule has 0 N–H and O–H groups in total. The number of nitro benzene ring substituents is 1. The summed E-state index contributed by atoms with van der Waals surface area (Å²) >= 11 is 0. The number of para-hydroxylation sites is 1. The van der Waals surface area contributed by atoms with E-state index in [4.69, 9.17) is 14.2 Å². The summed E-state index contributed by atoms with van der Waals surface area (Å²) in [4.78, 5) is 10.9. The van der Waals surface area contributed by atoms with Crippen molar-refractivity contribution in [2.45, 2.75) is 32.5 Å². The Kier molecular flexibility index (Phi) is 4.84. The lowest BCUT2D eigenvalue weighted by Gasteiger charge is -2.18. The fourth-order valence-electron chi connectivity index (χ4n) is 3.35. The van der Waals surface area contributed by atoms with Crippen molar-refractivity contribution in [1.82, 2.24) is 0 Å². The third kappa shape index (κ3) is 4.16. The van der Waals surface area contributed by atoms with Gasteiger partial charge in [0.1, 0.15) is 18.0 Å². The molecular weight excluding hydrogens is 370 g/mol. The second-order valence-corrected chi connectivity index (χ2v) is 7.55. The normalized spacial score (nSPS) is 14.0. The van der Waals surface area contributed by atoms with E-state index in [1.165, 1.54) is 6.07 Å². The van der Waals surface area contributed by atoms with E-state index in [9.17, 15) is 10.1 Å². The molecule has 0 unspecified atom stereocenters. The second-order valence-electron chi connectivity index (χ2n) is 7.55. The zero-order valence-corrected chi connectivity index (χ0v) is 16.3. The fraction of sp³-hybridized carbons (Fsp3) is 0.217. The van der Waals surface area contributed by atoms with Gasteiger partial charge in [-0.2, -0.15) is 0 Å². The lowest BCUT2D eigenvalue weighted by atomic mass is 10.0. The molecule has 0 amide bonds. The summed E-state index contributed by atoms with van der Waals surface area (Å²) in [5, 5.41) is 11.4. The summed E-state index contributed by atoms with van der Waals surface area (Å²) in [6.07, 6.45) is 0.797. The van der Waals surface area contributed by atoms with Gasteiger partial charge in [0.2, 0.25) is 5.75 Å². The van der Waals surface area contributed by atoms with Crippen LogP contribution in [0.4, 0.5) is 5.69 Å². The van der Waals surface area contributed by atoms with Crippen LogP contribution in [0, 0.1) is 10.1 Å². The molecule has 148 valence electrons. The molecule has 0 aliphatic carbocycles. The molecule has 6 heteroatoms. The first-order valence-corrected chi connectivity index (χ1v) is 9.35. The van der Waals surface area contributed by atoms with Crippen LogP contribution < -0.4 is 14.2 Å². The monoisotopic (exact) mass is 391 g/mol. The van der Waals surface area contributed by atoms with Gasteiger partial charge in [0.25, 0.3) is 0 Å². The first-order valence-electron chi connectivity index (χ1n) is 9.35. The van der Waals surface area contributed by atoms with E-state index in [2.05, 4.69) is 0 Å². The Labute approximate surface area is 168 Å². The Morgan fingerprint density at radius 2 is 1.83 bits per heavy atom. The van der Waals surface area contributed by atoms with Crippen molar-refractivity contribution in [2.75, 3.05) is 0 Å². The average molecular weight is 391 g/mol. The van der Waals surface area contributed by atoms with Gasteiger partial charge < -0.3 is 14.2 Å². The third-order valence-corrected chi connectivity index (χ3v) is 4.65. The minimum Gasteiger partial charge on any atom is -0.483 e. The Hall–Kier alpha value is -3.54. The predicted octanol–water partition coefficient (Wildman–Crippen LogP) is 5.68. The minimum absolute atomic E-state index is 0.107. The van der Waals surface area contributed by atoms with E-state index in [0.717, 1.165) is 17.5 Å². The van der Waals surface area contributed by atoms with E-state index < -0.39 is 4.92 Å². The van der Waals surface area contributed by atoms with E-state index in [1.54, 1.807) is 12.1 Å². The van der Waals surface area contributed by atoms with Crippen molar-refractivity contribution in [3.8, 4) is 23.0 Å². The van der Waals surface area contributed by atoms with Crippen LogP contribution in [0.5, 0.6) is 23.0 Å². The molecule has 0 radical (unpaired) electrons. The number of nitro groups is 1. The van der Waals surface area contributed by atoms with Gasteiger partial charge in [0, 0.05) is 24.1 Å². The number of rotatable bonds is 6. The van der Waals surface area contributed by atoms with Gasteiger partial charge in [-0.25, -0.2) is 0 Å². The number of hydrogen-bond donors (Lipinski definition) is 0. The number of nitrogens with zero attached hydrogens (tertiary/aromatic N) is 1. The lowest BCUT2D eigenvalue weighted by Crippen LogP contribution is -2.24. The Morgan fingerprint density at radius 3 is 2.59 bits per heavy atom. The molecule has 0 bridgehead atoms. The van der Waals surface area contributed by atoms with Crippen LogP contribution in [-0.4, -0.2) is 10.5 Å². The zero-order valence-electron chi connectivity index (χ0n) is 16.3.